The van der Waals surface area contributed by atoms with Crippen LogP contribution < -0.4 is 4.74 Å². The van der Waals surface area contributed by atoms with Crippen LogP contribution in [0.15, 0.2) is 54.6 Å². The molecule has 0 spiro atoms. The zero-order chi connectivity index (χ0) is 16.9. The van der Waals surface area contributed by atoms with Gasteiger partial charge >= 0.3 is 0 Å². The monoisotopic (exact) mass is 310 g/mol. The smallest absolute Gasteiger partial charge is 0.119 e. The molecule has 0 saturated carbocycles. The average Bonchev–Trinajstić information content (AvgIpc) is 2.44. The van der Waals surface area contributed by atoms with Crippen LogP contribution in [0.25, 0.3) is 0 Å². The van der Waals surface area contributed by atoms with Gasteiger partial charge in [0.05, 0.1) is 0 Å². The molecule has 2 aromatic rings. The van der Waals surface area contributed by atoms with Crippen molar-refractivity contribution in [1.82, 2.24) is 0 Å². The number of benzene rings is 2. The van der Waals surface area contributed by atoms with Gasteiger partial charge in [0.15, 0.2) is 0 Å². The number of ether oxygens (including phenoxy) is 1. The number of rotatable bonds is 6. The van der Waals surface area contributed by atoms with Crippen LogP contribution in [-0.4, -0.2) is 0 Å². The van der Waals surface area contributed by atoms with E-state index in [-0.39, 0.29) is 0 Å². The van der Waals surface area contributed by atoms with Crippen molar-refractivity contribution in [1.29, 1.82) is 0 Å². The average molecular weight is 310 g/mol. The van der Waals surface area contributed by atoms with Crippen molar-refractivity contribution in [2.24, 2.45) is 10.8 Å². The van der Waals surface area contributed by atoms with Gasteiger partial charge in [-0.3, -0.25) is 0 Å². The summed E-state index contributed by atoms with van der Waals surface area (Å²) in [6, 6.07) is 18.9. The molecule has 124 valence electrons. The number of hydrogen-bond donors (Lipinski definition) is 0. The highest BCUT2D eigenvalue weighted by atomic mass is 16.5. The van der Waals surface area contributed by atoms with E-state index in [1.54, 1.807) is 0 Å². The zero-order valence-electron chi connectivity index (χ0n) is 15.2. The minimum atomic E-state index is 0.310. The lowest BCUT2D eigenvalue weighted by Crippen LogP contribution is -2.22. The van der Waals surface area contributed by atoms with Crippen LogP contribution in [0.4, 0.5) is 0 Å². The normalized spacial score (nSPS) is 12.2. The van der Waals surface area contributed by atoms with Crippen LogP contribution in [0.1, 0.15) is 52.2 Å². The lowest BCUT2D eigenvalue weighted by molar-refractivity contribution is 0.211. The van der Waals surface area contributed by atoms with E-state index in [0.717, 1.165) is 12.2 Å². The van der Waals surface area contributed by atoms with Crippen molar-refractivity contribution < 1.29 is 4.74 Å². The summed E-state index contributed by atoms with van der Waals surface area (Å²) in [4.78, 5) is 0. The fourth-order valence-corrected chi connectivity index (χ4v) is 3.50. The summed E-state index contributed by atoms with van der Waals surface area (Å²) in [5.41, 5.74) is 3.25. The van der Waals surface area contributed by atoms with Gasteiger partial charge in [0, 0.05) is 0 Å². The highest BCUT2D eigenvalue weighted by Crippen LogP contribution is 2.36. The molecule has 2 rings (SSSR count). The SMILES string of the molecule is CC(C)(C)CC(C)(C)Cc1ccc(OCc2ccccc2)cc1. The van der Waals surface area contributed by atoms with E-state index in [0.29, 0.717) is 17.4 Å². The van der Waals surface area contributed by atoms with E-state index in [9.17, 15) is 0 Å². The van der Waals surface area contributed by atoms with E-state index in [4.69, 9.17) is 4.74 Å². The Hall–Kier alpha value is -1.76. The molecule has 2 aromatic carbocycles. The molecule has 0 aliphatic carbocycles. The minimum absolute atomic E-state index is 0.310. The first-order valence-corrected chi connectivity index (χ1v) is 8.49. The molecule has 0 unspecified atom stereocenters. The van der Waals surface area contributed by atoms with E-state index in [1.807, 2.05) is 18.2 Å². The van der Waals surface area contributed by atoms with Crippen molar-refractivity contribution in [3.63, 3.8) is 0 Å². The maximum atomic E-state index is 5.86. The second-order valence-corrected chi connectivity index (χ2v) is 8.50. The summed E-state index contributed by atoms with van der Waals surface area (Å²) in [5, 5.41) is 0. The molecule has 23 heavy (non-hydrogen) atoms. The molecule has 0 saturated heterocycles. The van der Waals surface area contributed by atoms with E-state index < -0.39 is 0 Å². The highest BCUT2D eigenvalue weighted by Gasteiger charge is 2.25. The predicted octanol–water partition coefficient (Wildman–Crippen LogP) is 6.27. The van der Waals surface area contributed by atoms with Crippen LogP contribution in [-0.2, 0) is 13.0 Å². The number of hydrogen-bond acceptors (Lipinski definition) is 1. The fraction of sp³-hybridized carbons (Fsp3) is 0.455. The van der Waals surface area contributed by atoms with Gasteiger partial charge in [0.25, 0.3) is 0 Å². The molecule has 1 heteroatoms. The summed E-state index contributed by atoms with van der Waals surface area (Å²) in [7, 11) is 0. The molecule has 0 aromatic heterocycles. The van der Waals surface area contributed by atoms with Crippen molar-refractivity contribution >= 4 is 0 Å². The van der Waals surface area contributed by atoms with Gasteiger partial charge in [-0.1, -0.05) is 77.1 Å². The molecule has 0 aliphatic heterocycles. The van der Waals surface area contributed by atoms with Gasteiger partial charge in [-0.05, 0) is 46.9 Å². The Morgan fingerprint density at radius 3 is 1.91 bits per heavy atom. The third-order valence-electron chi connectivity index (χ3n) is 3.86. The van der Waals surface area contributed by atoms with Crippen LogP contribution in [0.3, 0.4) is 0 Å². The highest BCUT2D eigenvalue weighted by molar-refractivity contribution is 5.28. The van der Waals surface area contributed by atoms with Gasteiger partial charge in [-0.25, -0.2) is 0 Å². The van der Waals surface area contributed by atoms with Crippen LogP contribution >= 0.6 is 0 Å². The molecule has 0 N–H and O–H groups in total. The van der Waals surface area contributed by atoms with Crippen molar-refractivity contribution in [2.45, 2.75) is 54.1 Å². The van der Waals surface area contributed by atoms with Crippen LogP contribution in [0.5, 0.6) is 5.75 Å². The third-order valence-corrected chi connectivity index (χ3v) is 3.86. The molecule has 0 heterocycles. The lowest BCUT2D eigenvalue weighted by Gasteiger charge is -2.32. The maximum absolute atomic E-state index is 5.86. The van der Waals surface area contributed by atoms with Crippen molar-refractivity contribution in [3.05, 3.63) is 65.7 Å². The first kappa shape index (κ1) is 17.6. The first-order valence-electron chi connectivity index (χ1n) is 8.49. The molecule has 0 radical (unpaired) electrons. The van der Waals surface area contributed by atoms with Gasteiger partial charge < -0.3 is 4.74 Å². The Morgan fingerprint density at radius 1 is 0.739 bits per heavy atom. The van der Waals surface area contributed by atoms with Gasteiger partial charge in [-0.2, -0.15) is 0 Å². The molecular formula is C22H30O. The summed E-state index contributed by atoms with van der Waals surface area (Å²) in [6.45, 7) is 12.3. The molecule has 1 nitrogen and oxygen atoms in total. The topological polar surface area (TPSA) is 9.23 Å². The summed E-state index contributed by atoms with van der Waals surface area (Å²) in [6.07, 6.45) is 2.31. The Bertz CT molecular complexity index is 588. The molecule has 0 amide bonds. The summed E-state index contributed by atoms with van der Waals surface area (Å²) < 4.78 is 5.86. The second-order valence-electron chi connectivity index (χ2n) is 8.50. The summed E-state index contributed by atoms with van der Waals surface area (Å²) in [5.74, 6) is 0.936. The van der Waals surface area contributed by atoms with E-state index >= 15 is 0 Å². The van der Waals surface area contributed by atoms with Crippen LogP contribution in [0.2, 0.25) is 0 Å². The zero-order valence-corrected chi connectivity index (χ0v) is 15.2. The van der Waals surface area contributed by atoms with Crippen molar-refractivity contribution in [2.75, 3.05) is 0 Å². The Labute approximate surface area is 141 Å². The first-order chi connectivity index (χ1) is 10.7. The van der Waals surface area contributed by atoms with Gasteiger partial charge in [-0.15, -0.1) is 0 Å². The van der Waals surface area contributed by atoms with Gasteiger partial charge in [0.1, 0.15) is 12.4 Å². The third kappa shape index (κ3) is 6.48. The van der Waals surface area contributed by atoms with E-state index in [2.05, 4.69) is 71.0 Å². The Morgan fingerprint density at radius 2 is 1.35 bits per heavy atom. The van der Waals surface area contributed by atoms with Crippen molar-refractivity contribution in [3.8, 4) is 5.75 Å². The molecular weight excluding hydrogens is 280 g/mol. The second kappa shape index (κ2) is 7.21. The molecule has 0 bridgehead atoms. The lowest BCUT2D eigenvalue weighted by atomic mass is 9.73. The molecule has 0 atom stereocenters. The maximum Gasteiger partial charge on any atom is 0.119 e. The van der Waals surface area contributed by atoms with E-state index in [1.165, 1.54) is 17.5 Å². The Balaban J connectivity index is 1.91. The quantitative estimate of drug-likeness (QED) is 0.611. The largest absolute Gasteiger partial charge is 0.489 e. The summed E-state index contributed by atoms with van der Waals surface area (Å²) >= 11 is 0. The Kier molecular flexibility index (Phi) is 5.51. The fourth-order valence-electron chi connectivity index (χ4n) is 3.50. The van der Waals surface area contributed by atoms with Gasteiger partial charge in [0.2, 0.25) is 0 Å². The molecule has 0 fully saturated rings. The van der Waals surface area contributed by atoms with Crippen LogP contribution in [0, 0.1) is 10.8 Å². The molecule has 0 aliphatic rings. The predicted molar refractivity (Wildman–Crippen MR) is 98.8 cm³/mol. The standard InChI is InChI=1S/C22H30O/c1-21(2,3)17-22(4,5)15-18-11-13-20(14-12-18)23-16-19-9-7-6-8-10-19/h6-14H,15-17H2,1-5H3. The minimum Gasteiger partial charge on any atom is -0.489 e.